The van der Waals surface area contributed by atoms with Crippen LogP contribution in [-0.4, -0.2) is 0 Å². The maximum atomic E-state index is 5.51. The third-order valence-corrected chi connectivity index (χ3v) is 2.99. The second kappa shape index (κ2) is 3.48. The van der Waals surface area contributed by atoms with E-state index in [1.165, 1.54) is 17.5 Å². The second-order valence-electron chi connectivity index (χ2n) is 3.83. The lowest BCUT2D eigenvalue weighted by molar-refractivity contribution is 0.441. The molecule has 0 bridgehead atoms. The molecule has 1 aromatic rings. The zero-order chi connectivity index (χ0) is 9.26. The number of hydrogen-bond donors (Lipinski definition) is 2. The zero-order valence-corrected chi connectivity index (χ0v) is 7.96. The fourth-order valence-electron chi connectivity index (χ4n) is 2.18. The molecule has 1 aromatic carbocycles. The Labute approximate surface area is 79.1 Å². The smallest absolute Gasteiger partial charge is 0.0463 e. The molecule has 2 rings (SSSR count). The van der Waals surface area contributed by atoms with E-state index in [1.54, 1.807) is 0 Å². The third-order valence-electron chi connectivity index (χ3n) is 2.99. The van der Waals surface area contributed by atoms with Gasteiger partial charge in [0.2, 0.25) is 0 Å². The summed E-state index contributed by atoms with van der Waals surface area (Å²) in [5.74, 6) is 6.19. The van der Waals surface area contributed by atoms with Gasteiger partial charge in [0.1, 0.15) is 0 Å². The summed E-state index contributed by atoms with van der Waals surface area (Å²) in [5, 5.41) is 0. The molecular formula is C11H16N2. The van der Waals surface area contributed by atoms with Crippen molar-refractivity contribution in [3.05, 3.63) is 35.4 Å². The molecule has 0 amide bonds. The Balaban J connectivity index is 2.42. The third kappa shape index (κ3) is 1.47. The van der Waals surface area contributed by atoms with Gasteiger partial charge in [-0.1, -0.05) is 31.2 Å². The summed E-state index contributed by atoms with van der Waals surface area (Å²) < 4.78 is 0. The van der Waals surface area contributed by atoms with Crippen LogP contribution in [0.4, 0.5) is 0 Å². The minimum atomic E-state index is 0.354. The molecule has 2 atom stereocenters. The lowest BCUT2D eigenvalue weighted by Gasteiger charge is -2.29. The fraction of sp³-hybridized carbons (Fsp3) is 0.455. The molecule has 0 aromatic heterocycles. The molecule has 0 unspecified atom stereocenters. The normalized spacial score (nSPS) is 26.9. The summed E-state index contributed by atoms with van der Waals surface area (Å²) in [7, 11) is 0. The number of hydrazine groups is 1. The molecule has 0 heterocycles. The summed E-state index contributed by atoms with van der Waals surface area (Å²) in [6, 6.07) is 8.93. The van der Waals surface area contributed by atoms with Crippen LogP contribution in [0.15, 0.2) is 24.3 Å². The minimum absolute atomic E-state index is 0.354. The highest BCUT2D eigenvalue weighted by Gasteiger charge is 2.22. The van der Waals surface area contributed by atoms with Crippen LogP contribution in [0.2, 0.25) is 0 Å². The maximum absolute atomic E-state index is 5.51. The first-order chi connectivity index (χ1) is 6.33. The van der Waals surface area contributed by atoms with Crippen molar-refractivity contribution in [3.63, 3.8) is 0 Å². The van der Waals surface area contributed by atoms with Gasteiger partial charge in [0.15, 0.2) is 0 Å². The molecule has 13 heavy (non-hydrogen) atoms. The van der Waals surface area contributed by atoms with E-state index in [0.29, 0.717) is 12.0 Å². The van der Waals surface area contributed by atoms with Crippen molar-refractivity contribution in [1.82, 2.24) is 5.43 Å². The van der Waals surface area contributed by atoms with E-state index in [1.807, 2.05) is 0 Å². The predicted molar refractivity (Wildman–Crippen MR) is 54.2 cm³/mol. The molecule has 0 spiro atoms. The van der Waals surface area contributed by atoms with Gasteiger partial charge in [-0.15, -0.1) is 0 Å². The summed E-state index contributed by atoms with van der Waals surface area (Å²) in [6.07, 6.45) is 2.38. The zero-order valence-electron chi connectivity index (χ0n) is 7.96. The van der Waals surface area contributed by atoms with Crippen LogP contribution in [0.3, 0.4) is 0 Å². The van der Waals surface area contributed by atoms with Crippen LogP contribution < -0.4 is 11.3 Å². The van der Waals surface area contributed by atoms with Gasteiger partial charge in [-0.3, -0.25) is 11.3 Å². The number of benzene rings is 1. The Kier molecular flexibility index (Phi) is 2.34. The van der Waals surface area contributed by atoms with E-state index >= 15 is 0 Å². The molecule has 1 aliphatic carbocycles. The van der Waals surface area contributed by atoms with Crippen LogP contribution in [0.1, 0.15) is 42.9 Å². The number of nitrogens with two attached hydrogens (primary N) is 1. The summed E-state index contributed by atoms with van der Waals surface area (Å²) in [5.41, 5.74) is 5.71. The SMILES string of the molecule is C[C@H]1CC[C@@H](NN)c2ccccc21. The molecule has 1 aliphatic rings. The molecule has 2 heteroatoms. The Morgan fingerprint density at radius 2 is 1.92 bits per heavy atom. The van der Waals surface area contributed by atoms with Crippen molar-refractivity contribution < 1.29 is 0 Å². The summed E-state index contributed by atoms with van der Waals surface area (Å²) >= 11 is 0. The van der Waals surface area contributed by atoms with Gasteiger partial charge in [-0.2, -0.15) is 0 Å². The average Bonchev–Trinajstić information content (AvgIpc) is 2.19. The number of nitrogens with one attached hydrogen (secondary N) is 1. The van der Waals surface area contributed by atoms with E-state index < -0.39 is 0 Å². The van der Waals surface area contributed by atoms with Crippen LogP contribution >= 0.6 is 0 Å². The van der Waals surface area contributed by atoms with Gasteiger partial charge >= 0.3 is 0 Å². The first-order valence-electron chi connectivity index (χ1n) is 4.88. The van der Waals surface area contributed by atoms with Crippen LogP contribution in [0.5, 0.6) is 0 Å². The maximum Gasteiger partial charge on any atom is 0.0463 e. The molecule has 0 radical (unpaired) electrons. The van der Waals surface area contributed by atoms with Crippen LogP contribution in [-0.2, 0) is 0 Å². The van der Waals surface area contributed by atoms with Gasteiger partial charge in [0.25, 0.3) is 0 Å². The number of fused-ring (bicyclic) bond motifs is 1. The lowest BCUT2D eigenvalue weighted by Crippen LogP contribution is -2.31. The van der Waals surface area contributed by atoms with E-state index in [2.05, 4.69) is 36.6 Å². The average molecular weight is 176 g/mol. The van der Waals surface area contributed by atoms with E-state index in [4.69, 9.17) is 5.84 Å². The quantitative estimate of drug-likeness (QED) is 0.508. The van der Waals surface area contributed by atoms with Crippen molar-refractivity contribution in [2.45, 2.75) is 31.7 Å². The van der Waals surface area contributed by atoms with Gasteiger partial charge in [0, 0.05) is 6.04 Å². The Morgan fingerprint density at radius 1 is 1.23 bits per heavy atom. The van der Waals surface area contributed by atoms with Gasteiger partial charge < -0.3 is 0 Å². The Bertz CT molecular complexity index is 296. The standard InChI is InChI=1S/C11H16N2/c1-8-6-7-11(13-12)10-5-3-2-4-9(8)10/h2-5,8,11,13H,6-7,12H2,1H3/t8-,11+/m0/s1. The molecule has 70 valence electrons. The molecule has 0 aliphatic heterocycles. The largest absolute Gasteiger partial charge is 0.271 e. The van der Waals surface area contributed by atoms with Crippen molar-refractivity contribution in [3.8, 4) is 0 Å². The van der Waals surface area contributed by atoms with Crippen molar-refractivity contribution >= 4 is 0 Å². The Hall–Kier alpha value is -0.860. The molecule has 0 saturated carbocycles. The first-order valence-corrected chi connectivity index (χ1v) is 4.88. The van der Waals surface area contributed by atoms with Crippen LogP contribution in [0, 0.1) is 0 Å². The van der Waals surface area contributed by atoms with Crippen molar-refractivity contribution in [2.24, 2.45) is 5.84 Å². The topological polar surface area (TPSA) is 38.0 Å². The van der Waals surface area contributed by atoms with Crippen LogP contribution in [0.25, 0.3) is 0 Å². The van der Waals surface area contributed by atoms with E-state index in [-0.39, 0.29) is 0 Å². The lowest BCUT2D eigenvalue weighted by atomic mass is 9.81. The fourth-order valence-corrected chi connectivity index (χ4v) is 2.18. The molecule has 3 N–H and O–H groups in total. The molecule has 2 nitrogen and oxygen atoms in total. The summed E-state index contributed by atoms with van der Waals surface area (Å²) in [4.78, 5) is 0. The summed E-state index contributed by atoms with van der Waals surface area (Å²) in [6.45, 7) is 2.28. The van der Waals surface area contributed by atoms with Crippen molar-refractivity contribution in [2.75, 3.05) is 0 Å². The highest BCUT2D eigenvalue weighted by molar-refractivity contribution is 5.34. The van der Waals surface area contributed by atoms with E-state index in [9.17, 15) is 0 Å². The number of rotatable bonds is 1. The Morgan fingerprint density at radius 3 is 2.62 bits per heavy atom. The highest BCUT2D eigenvalue weighted by Crippen LogP contribution is 2.36. The second-order valence-corrected chi connectivity index (χ2v) is 3.83. The van der Waals surface area contributed by atoms with Gasteiger partial charge in [-0.25, -0.2) is 0 Å². The van der Waals surface area contributed by atoms with E-state index in [0.717, 1.165) is 6.42 Å². The molecule has 0 fully saturated rings. The molecule has 0 saturated heterocycles. The van der Waals surface area contributed by atoms with Crippen molar-refractivity contribution in [1.29, 1.82) is 0 Å². The minimum Gasteiger partial charge on any atom is -0.271 e. The highest BCUT2D eigenvalue weighted by atomic mass is 15.2. The molecular weight excluding hydrogens is 160 g/mol. The predicted octanol–water partition coefficient (Wildman–Crippen LogP) is 2.09. The number of hydrogen-bond acceptors (Lipinski definition) is 2. The first kappa shape index (κ1) is 8.73. The monoisotopic (exact) mass is 176 g/mol. The van der Waals surface area contributed by atoms with Gasteiger partial charge in [-0.05, 0) is 29.9 Å². The van der Waals surface area contributed by atoms with Gasteiger partial charge in [0.05, 0.1) is 0 Å².